The van der Waals surface area contributed by atoms with Gasteiger partial charge in [-0.2, -0.15) is 0 Å². The molecule has 0 aromatic heterocycles. The Kier molecular flexibility index (Phi) is 4.86. The molecule has 6 nitrogen and oxygen atoms in total. The summed E-state index contributed by atoms with van der Waals surface area (Å²) in [7, 11) is 0. The summed E-state index contributed by atoms with van der Waals surface area (Å²) in [6, 6.07) is -1.10. The molecule has 6 heteroatoms. The van der Waals surface area contributed by atoms with Crippen LogP contribution >= 0.6 is 0 Å². The Hall–Kier alpha value is -0.690. The first-order valence-corrected chi connectivity index (χ1v) is 3.87. The second kappa shape index (κ2) is 5.13. The highest BCUT2D eigenvalue weighted by Gasteiger charge is 2.30. The number of aliphatic carboxylic acids is 1. The highest BCUT2D eigenvalue weighted by Crippen LogP contribution is 2.08. The number of nitrogens with two attached hydrogens (primary N) is 1. The van der Waals surface area contributed by atoms with Crippen molar-refractivity contribution in [2.45, 2.75) is 25.2 Å². The lowest BCUT2D eigenvalue weighted by atomic mass is 9.95. The normalized spacial score (nSPS) is 20.4. The Labute approximate surface area is 75.6 Å². The van der Waals surface area contributed by atoms with Crippen LogP contribution in [0.1, 0.15) is 6.92 Å². The van der Waals surface area contributed by atoms with E-state index in [1.807, 2.05) is 0 Å². The molecule has 0 aromatic carbocycles. The fraction of sp³-hybridized carbons (Fsp3) is 0.857. The predicted octanol–water partition coefficient (Wildman–Crippen LogP) is -2.25. The number of carbonyl (C=O) groups is 1. The maximum absolute atomic E-state index is 10.4. The van der Waals surface area contributed by atoms with E-state index < -0.39 is 36.7 Å². The first kappa shape index (κ1) is 12.3. The molecule has 1 unspecified atom stereocenters. The molecule has 0 saturated heterocycles. The maximum atomic E-state index is 10.4. The molecule has 13 heavy (non-hydrogen) atoms. The van der Waals surface area contributed by atoms with E-state index in [9.17, 15) is 9.90 Å². The van der Waals surface area contributed by atoms with Crippen molar-refractivity contribution in [3.05, 3.63) is 0 Å². The van der Waals surface area contributed by atoms with Crippen molar-refractivity contribution >= 4 is 5.97 Å². The standard InChI is InChI=1S/C7H15NO5/c1-3(7(12)13)5(8)6(11)4(10)2-9/h3-6,9-11H,2,8H2,1H3,(H,12,13)/t3?,4-,5+,6+/m0/s1. The van der Waals surface area contributed by atoms with Gasteiger partial charge in [-0.1, -0.05) is 6.92 Å². The zero-order valence-corrected chi connectivity index (χ0v) is 7.29. The maximum Gasteiger partial charge on any atom is 0.307 e. The van der Waals surface area contributed by atoms with Crippen LogP contribution in [-0.2, 0) is 4.79 Å². The van der Waals surface area contributed by atoms with Crippen molar-refractivity contribution < 1.29 is 25.2 Å². The summed E-state index contributed by atoms with van der Waals surface area (Å²) in [5, 5.41) is 35.1. The van der Waals surface area contributed by atoms with Gasteiger partial charge in [0, 0.05) is 6.04 Å². The third-order valence-electron chi connectivity index (χ3n) is 1.94. The topological polar surface area (TPSA) is 124 Å². The van der Waals surface area contributed by atoms with Crippen LogP contribution in [0.3, 0.4) is 0 Å². The zero-order valence-electron chi connectivity index (χ0n) is 7.29. The smallest absolute Gasteiger partial charge is 0.307 e. The van der Waals surface area contributed by atoms with Crippen LogP contribution in [-0.4, -0.2) is 51.3 Å². The van der Waals surface area contributed by atoms with Gasteiger partial charge in [-0.15, -0.1) is 0 Å². The minimum Gasteiger partial charge on any atom is -0.481 e. The Bertz CT molecular complexity index is 174. The lowest BCUT2D eigenvalue weighted by molar-refractivity contribution is -0.144. The molecule has 78 valence electrons. The van der Waals surface area contributed by atoms with Crippen molar-refractivity contribution in [2.24, 2.45) is 11.7 Å². The van der Waals surface area contributed by atoms with Gasteiger partial charge < -0.3 is 26.2 Å². The summed E-state index contributed by atoms with van der Waals surface area (Å²) in [4.78, 5) is 10.4. The third-order valence-corrected chi connectivity index (χ3v) is 1.94. The molecule has 0 aliphatic heterocycles. The minimum absolute atomic E-state index is 0.652. The Balaban J connectivity index is 4.24. The zero-order chi connectivity index (χ0) is 10.6. The lowest BCUT2D eigenvalue weighted by Gasteiger charge is -2.24. The lowest BCUT2D eigenvalue weighted by Crippen LogP contribution is -2.50. The third kappa shape index (κ3) is 3.27. The Morgan fingerprint density at radius 1 is 1.46 bits per heavy atom. The summed E-state index contributed by atoms with van der Waals surface area (Å²) in [5.41, 5.74) is 5.34. The molecular formula is C7H15NO5. The summed E-state index contributed by atoms with van der Waals surface area (Å²) in [6.45, 7) is 0.668. The van der Waals surface area contributed by atoms with Gasteiger partial charge in [0.2, 0.25) is 0 Å². The van der Waals surface area contributed by atoms with E-state index >= 15 is 0 Å². The average Bonchev–Trinajstić information content (AvgIpc) is 2.12. The van der Waals surface area contributed by atoms with Crippen LogP contribution in [0.2, 0.25) is 0 Å². The predicted molar refractivity (Wildman–Crippen MR) is 43.9 cm³/mol. The molecule has 0 radical (unpaired) electrons. The molecule has 0 spiro atoms. The molecule has 0 heterocycles. The monoisotopic (exact) mass is 193 g/mol. The number of aliphatic hydroxyl groups excluding tert-OH is 3. The van der Waals surface area contributed by atoms with Gasteiger partial charge in [0.05, 0.1) is 18.6 Å². The van der Waals surface area contributed by atoms with Crippen molar-refractivity contribution in [2.75, 3.05) is 6.61 Å². The van der Waals surface area contributed by atoms with E-state index in [1.54, 1.807) is 0 Å². The van der Waals surface area contributed by atoms with E-state index in [0.717, 1.165) is 0 Å². The van der Waals surface area contributed by atoms with Crippen LogP contribution in [0.4, 0.5) is 0 Å². The molecule has 6 N–H and O–H groups in total. The molecule has 0 bridgehead atoms. The van der Waals surface area contributed by atoms with Gasteiger partial charge in [-0.3, -0.25) is 4.79 Å². The first-order chi connectivity index (χ1) is 5.91. The fourth-order valence-electron chi connectivity index (χ4n) is 0.825. The first-order valence-electron chi connectivity index (χ1n) is 3.87. The van der Waals surface area contributed by atoms with Crippen LogP contribution in [0.5, 0.6) is 0 Å². The van der Waals surface area contributed by atoms with Crippen LogP contribution in [0.25, 0.3) is 0 Å². The quantitative estimate of drug-likeness (QED) is 0.336. The number of hydrogen-bond donors (Lipinski definition) is 5. The van der Waals surface area contributed by atoms with Gasteiger partial charge in [-0.25, -0.2) is 0 Å². The number of hydrogen-bond acceptors (Lipinski definition) is 5. The molecule has 0 aliphatic carbocycles. The molecule has 0 rings (SSSR count). The number of carboxylic acids is 1. The summed E-state index contributed by atoms with van der Waals surface area (Å²) < 4.78 is 0. The largest absolute Gasteiger partial charge is 0.481 e. The van der Waals surface area contributed by atoms with Crippen LogP contribution in [0, 0.1) is 5.92 Å². The van der Waals surface area contributed by atoms with Crippen molar-refractivity contribution in [1.82, 2.24) is 0 Å². The van der Waals surface area contributed by atoms with Gasteiger partial charge in [0.1, 0.15) is 6.10 Å². The molecule has 0 saturated carbocycles. The summed E-state index contributed by atoms with van der Waals surface area (Å²) in [6.07, 6.45) is -2.84. The van der Waals surface area contributed by atoms with E-state index in [4.69, 9.17) is 21.1 Å². The molecule has 0 amide bonds. The molecule has 0 aromatic rings. The second-order valence-electron chi connectivity index (χ2n) is 2.94. The van der Waals surface area contributed by atoms with Crippen molar-refractivity contribution in [3.8, 4) is 0 Å². The van der Waals surface area contributed by atoms with Crippen molar-refractivity contribution in [3.63, 3.8) is 0 Å². The van der Waals surface area contributed by atoms with Crippen molar-refractivity contribution in [1.29, 1.82) is 0 Å². The summed E-state index contributed by atoms with van der Waals surface area (Å²) >= 11 is 0. The van der Waals surface area contributed by atoms with Gasteiger partial charge in [-0.05, 0) is 0 Å². The van der Waals surface area contributed by atoms with Gasteiger partial charge in [0.15, 0.2) is 0 Å². The molecule has 0 fully saturated rings. The van der Waals surface area contributed by atoms with Gasteiger partial charge in [0.25, 0.3) is 0 Å². The Morgan fingerprint density at radius 3 is 2.23 bits per heavy atom. The van der Waals surface area contributed by atoms with Crippen LogP contribution in [0.15, 0.2) is 0 Å². The van der Waals surface area contributed by atoms with Crippen LogP contribution < -0.4 is 5.73 Å². The summed E-state index contributed by atoms with van der Waals surface area (Å²) in [5.74, 6) is -2.13. The second-order valence-corrected chi connectivity index (χ2v) is 2.94. The SMILES string of the molecule is CC(C(=O)O)[C@@H](N)[C@H](O)[C@@H](O)CO. The highest BCUT2D eigenvalue weighted by atomic mass is 16.4. The van der Waals surface area contributed by atoms with E-state index in [0.29, 0.717) is 0 Å². The Morgan fingerprint density at radius 2 is 1.92 bits per heavy atom. The van der Waals surface area contributed by atoms with Gasteiger partial charge >= 0.3 is 5.97 Å². The average molecular weight is 193 g/mol. The van der Waals surface area contributed by atoms with E-state index in [-0.39, 0.29) is 0 Å². The fourth-order valence-corrected chi connectivity index (χ4v) is 0.825. The molecular weight excluding hydrogens is 178 g/mol. The number of aliphatic hydroxyl groups is 3. The van der Waals surface area contributed by atoms with E-state index in [2.05, 4.69) is 0 Å². The highest BCUT2D eigenvalue weighted by molar-refractivity contribution is 5.70. The minimum atomic E-state index is -1.43. The number of rotatable bonds is 5. The number of carboxylic acid groups (broad SMARTS) is 1. The van der Waals surface area contributed by atoms with E-state index in [1.165, 1.54) is 6.92 Å². The molecule has 0 aliphatic rings. The molecule has 4 atom stereocenters.